The molecule has 0 spiro atoms. The summed E-state index contributed by atoms with van der Waals surface area (Å²) in [5.74, 6) is 0.0652. The molecule has 0 aliphatic heterocycles. The number of hydrogen-bond acceptors (Lipinski definition) is 5. The lowest BCUT2D eigenvalue weighted by atomic mass is 10.0. The lowest BCUT2D eigenvalue weighted by Gasteiger charge is -2.24. The van der Waals surface area contributed by atoms with E-state index in [9.17, 15) is 14.7 Å². The standard InChI is InChI=1S/C14H17NO5/c1-14(2,3)20-15-12(11(8-16)13(18)19)9-4-6-10(17)7-5-9/h4-7,12,15,17H,1-3H3,(H,18,19)/t12-/m1/s1. The van der Waals surface area contributed by atoms with E-state index in [-0.39, 0.29) is 5.75 Å². The normalized spacial score (nSPS) is 12.6. The van der Waals surface area contributed by atoms with Crippen LogP contribution in [0.25, 0.3) is 0 Å². The number of carbonyl (C=O) groups is 1. The topological polar surface area (TPSA) is 95.9 Å². The zero-order valence-corrected chi connectivity index (χ0v) is 11.5. The highest BCUT2D eigenvalue weighted by atomic mass is 16.7. The second kappa shape index (κ2) is 6.34. The van der Waals surface area contributed by atoms with Crippen LogP contribution in [0.1, 0.15) is 32.4 Å². The molecular formula is C14H17NO5. The largest absolute Gasteiger partial charge is 0.508 e. The fourth-order valence-electron chi connectivity index (χ4n) is 1.42. The number of hydrogen-bond donors (Lipinski definition) is 3. The first-order valence-electron chi connectivity index (χ1n) is 5.95. The zero-order valence-electron chi connectivity index (χ0n) is 11.5. The van der Waals surface area contributed by atoms with Crippen LogP contribution in [-0.4, -0.2) is 27.7 Å². The van der Waals surface area contributed by atoms with Crippen LogP contribution in [0, 0.1) is 0 Å². The number of benzene rings is 1. The first-order chi connectivity index (χ1) is 9.24. The lowest BCUT2D eigenvalue weighted by Crippen LogP contribution is -2.34. The van der Waals surface area contributed by atoms with Crippen molar-refractivity contribution in [2.75, 3.05) is 0 Å². The maximum Gasteiger partial charge on any atom is 0.344 e. The number of phenols is 1. The van der Waals surface area contributed by atoms with Crippen LogP contribution in [0.4, 0.5) is 0 Å². The number of carboxylic acids is 1. The Morgan fingerprint density at radius 2 is 1.85 bits per heavy atom. The van der Waals surface area contributed by atoms with E-state index in [4.69, 9.17) is 9.94 Å². The number of aromatic hydroxyl groups is 1. The van der Waals surface area contributed by atoms with Crippen LogP contribution < -0.4 is 5.48 Å². The van der Waals surface area contributed by atoms with Gasteiger partial charge in [-0.3, -0.25) is 4.84 Å². The van der Waals surface area contributed by atoms with Crippen molar-refractivity contribution in [3.63, 3.8) is 0 Å². The third kappa shape index (κ3) is 4.51. The molecule has 3 N–H and O–H groups in total. The van der Waals surface area contributed by atoms with E-state index in [1.165, 1.54) is 30.2 Å². The summed E-state index contributed by atoms with van der Waals surface area (Å²) in [6, 6.07) is 4.81. The molecule has 0 aromatic heterocycles. The Morgan fingerprint density at radius 3 is 2.25 bits per heavy atom. The van der Waals surface area contributed by atoms with Gasteiger partial charge >= 0.3 is 5.97 Å². The van der Waals surface area contributed by atoms with Crippen molar-refractivity contribution >= 4 is 11.9 Å². The summed E-state index contributed by atoms with van der Waals surface area (Å²) in [6.45, 7) is 5.33. The Labute approximate surface area is 116 Å². The quantitative estimate of drug-likeness (QED) is 0.430. The maximum absolute atomic E-state index is 11.1. The van der Waals surface area contributed by atoms with Crippen molar-refractivity contribution in [3.8, 4) is 5.75 Å². The smallest absolute Gasteiger partial charge is 0.344 e. The number of rotatable bonds is 5. The molecule has 6 heteroatoms. The minimum Gasteiger partial charge on any atom is -0.508 e. The maximum atomic E-state index is 11.1. The summed E-state index contributed by atoms with van der Waals surface area (Å²) in [5, 5.41) is 18.3. The van der Waals surface area contributed by atoms with E-state index in [2.05, 4.69) is 5.48 Å². The highest BCUT2D eigenvalue weighted by molar-refractivity contribution is 5.97. The molecule has 0 saturated heterocycles. The molecule has 6 nitrogen and oxygen atoms in total. The highest BCUT2D eigenvalue weighted by Crippen LogP contribution is 2.23. The third-order valence-corrected chi connectivity index (χ3v) is 2.34. The number of carbonyl (C=O) groups excluding carboxylic acids is 1. The molecule has 108 valence electrons. The van der Waals surface area contributed by atoms with E-state index >= 15 is 0 Å². The average molecular weight is 279 g/mol. The van der Waals surface area contributed by atoms with Gasteiger partial charge in [0, 0.05) is 0 Å². The highest BCUT2D eigenvalue weighted by Gasteiger charge is 2.26. The molecule has 0 aliphatic carbocycles. The Morgan fingerprint density at radius 1 is 1.30 bits per heavy atom. The Hall–Kier alpha value is -2.14. The van der Waals surface area contributed by atoms with Gasteiger partial charge in [0.25, 0.3) is 0 Å². The van der Waals surface area contributed by atoms with Crippen LogP contribution in [0.3, 0.4) is 0 Å². The van der Waals surface area contributed by atoms with Gasteiger partial charge in [0.2, 0.25) is 0 Å². The molecule has 0 heterocycles. The lowest BCUT2D eigenvalue weighted by molar-refractivity contribution is -0.134. The van der Waals surface area contributed by atoms with Crippen molar-refractivity contribution in [2.24, 2.45) is 0 Å². The molecular weight excluding hydrogens is 262 g/mol. The van der Waals surface area contributed by atoms with Gasteiger partial charge in [-0.1, -0.05) is 12.1 Å². The summed E-state index contributed by atoms with van der Waals surface area (Å²) in [4.78, 5) is 27.3. The van der Waals surface area contributed by atoms with Gasteiger partial charge in [0.1, 0.15) is 17.3 Å². The monoisotopic (exact) mass is 279 g/mol. The van der Waals surface area contributed by atoms with E-state index in [0.29, 0.717) is 5.56 Å². The summed E-state index contributed by atoms with van der Waals surface area (Å²) in [5.41, 5.74) is 1.96. The molecule has 1 aromatic carbocycles. The summed E-state index contributed by atoms with van der Waals surface area (Å²) in [7, 11) is 0. The van der Waals surface area contributed by atoms with Crippen LogP contribution in [0.5, 0.6) is 5.75 Å². The van der Waals surface area contributed by atoms with Gasteiger partial charge in [-0.05, 0) is 38.5 Å². The Kier molecular flexibility index (Phi) is 5.05. The molecule has 0 saturated carbocycles. The van der Waals surface area contributed by atoms with Crippen molar-refractivity contribution < 1.29 is 24.6 Å². The molecule has 1 aromatic rings. The van der Waals surface area contributed by atoms with Gasteiger partial charge in [-0.15, -0.1) is 0 Å². The third-order valence-electron chi connectivity index (χ3n) is 2.34. The van der Waals surface area contributed by atoms with Gasteiger partial charge in [0.05, 0.1) is 11.6 Å². The molecule has 1 rings (SSSR count). The van der Waals surface area contributed by atoms with Crippen LogP contribution in [0.15, 0.2) is 29.8 Å². The fourth-order valence-corrected chi connectivity index (χ4v) is 1.42. The molecule has 0 radical (unpaired) electrons. The van der Waals surface area contributed by atoms with E-state index in [0.717, 1.165) is 0 Å². The summed E-state index contributed by atoms with van der Waals surface area (Å²) in [6.07, 6.45) is 0. The van der Waals surface area contributed by atoms with Gasteiger partial charge in [-0.2, -0.15) is 5.48 Å². The summed E-state index contributed by atoms with van der Waals surface area (Å²) >= 11 is 0. The molecule has 0 bridgehead atoms. The molecule has 20 heavy (non-hydrogen) atoms. The van der Waals surface area contributed by atoms with E-state index in [1.807, 2.05) is 0 Å². The van der Waals surface area contributed by atoms with Crippen LogP contribution in [-0.2, 0) is 14.4 Å². The van der Waals surface area contributed by atoms with Gasteiger partial charge in [0.15, 0.2) is 0 Å². The van der Waals surface area contributed by atoms with Crippen molar-refractivity contribution in [1.29, 1.82) is 0 Å². The Balaban J connectivity index is 3.10. The molecule has 1 atom stereocenters. The zero-order chi connectivity index (χ0) is 15.3. The average Bonchev–Trinajstić information content (AvgIpc) is 2.34. The predicted molar refractivity (Wildman–Crippen MR) is 71.7 cm³/mol. The fraction of sp³-hybridized carbons (Fsp3) is 0.357. The molecule has 0 aliphatic rings. The number of hydroxylamine groups is 1. The minimum absolute atomic E-state index is 0.0381. The first kappa shape index (κ1) is 15.9. The van der Waals surface area contributed by atoms with Crippen molar-refractivity contribution in [1.82, 2.24) is 5.48 Å². The van der Waals surface area contributed by atoms with Crippen molar-refractivity contribution in [2.45, 2.75) is 32.4 Å². The number of nitrogens with one attached hydrogen (secondary N) is 1. The molecule has 0 fully saturated rings. The minimum atomic E-state index is -1.39. The number of carboxylic acid groups (broad SMARTS) is 1. The second-order valence-corrected chi connectivity index (χ2v) is 5.18. The SMILES string of the molecule is CC(C)(C)ON[C@@H](C(=C=O)C(=O)O)c1ccc(O)cc1. The second-order valence-electron chi connectivity index (χ2n) is 5.18. The van der Waals surface area contributed by atoms with E-state index < -0.39 is 23.2 Å². The van der Waals surface area contributed by atoms with Gasteiger partial charge < -0.3 is 10.2 Å². The van der Waals surface area contributed by atoms with Crippen LogP contribution in [0.2, 0.25) is 0 Å². The number of phenolic OH excluding ortho intramolecular Hbond substituents is 1. The first-order valence-corrected chi connectivity index (χ1v) is 5.95. The molecule has 0 unspecified atom stereocenters. The predicted octanol–water partition coefficient (Wildman–Crippen LogP) is 1.60. The number of aliphatic carboxylic acids is 1. The summed E-state index contributed by atoms with van der Waals surface area (Å²) < 4.78 is 0. The van der Waals surface area contributed by atoms with Gasteiger partial charge in [-0.25, -0.2) is 9.59 Å². The van der Waals surface area contributed by atoms with Crippen LogP contribution >= 0.6 is 0 Å². The van der Waals surface area contributed by atoms with E-state index in [1.54, 1.807) is 20.8 Å². The Bertz CT molecular complexity index is 523. The molecule has 0 amide bonds. The van der Waals surface area contributed by atoms with Crippen molar-refractivity contribution in [3.05, 3.63) is 35.4 Å².